The number of nitrogens with zero attached hydrogens (tertiary/aromatic N) is 2. The van der Waals surface area contributed by atoms with E-state index in [1.807, 2.05) is 102 Å². The van der Waals surface area contributed by atoms with E-state index in [4.69, 9.17) is 0 Å². The quantitative estimate of drug-likeness (QED) is 0.0752. The number of para-hydroxylation sites is 2. The Morgan fingerprint density at radius 3 is 1.25 bits per heavy atom. The summed E-state index contributed by atoms with van der Waals surface area (Å²) in [4.78, 5) is 93.6. The minimum absolute atomic E-state index is 0.220. The van der Waals surface area contributed by atoms with E-state index in [9.17, 15) is 28.8 Å². The van der Waals surface area contributed by atoms with Crippen LogP contribution in [0.3, 0.4) is 0 Å². The van der Waals surface area contributed by atoms with Crippen molar-refractivity contribution in [2.24, 2.45) is 10.8 Å². The molecule has 2 fully saturated rings. The molecule has 2 aliphatic rings. The zero-order chi connectivity index (χ0) is 49.2. The number of hydrogen-bond donors (Lipinski definition) is 8. The van der Waals surface area contributed by atoms with E-state index < -0.39 is 59.2 Å². The van der Waals surface area contributed by atoms with E-state index >= 15 is 0 Å². The maximum Gasteiger partial charge on any atom is 0.251 e. The van der Waals surface area contributed by atoms with Gasteiger partial charge in [0.1, 0.15) is 12.1 Å². The number of likely N-dealkylation sites (N-methyl/N-ethyl adjacent to an activating group) is 2. The summed E-state index contributed by atoms with van der Waals surface area (Å²) in [6, 6.07) is 17.9. The van der Waals surface area contributed by atoms with Crippen LogP contribution in [0.2, 0.25) is 0 Å². The lowest BCUT2D eigenvalue weighted by molar-refractivity contribution is -0.140. The third kappa shape index (κ3) is 10.5. The molecule has 8 N–H and O–H groups in total. The van der Waals surface area contributed by atoms with E-state index in [0.717, 1.165) is 32.9 Å². The summed E-state index contributed by atoms with van der Waals surface area (Å²) in [5.74, 6) is -1.75. The van der Waals surface area contributed by atoms with E-state index in [1.165, 1.54) is 0 Å². The molecule has 5 aromatic rings. The number of H-pyrrole nitrogens is 2. The predicted octanol–water partition coefficient (Wildman–Crippen LogP) is 5.07. The Hall–Kier alpha value is -6.52. The molecule has 2 unspecified atom stereocenters. The second-order valence-corrected chi connectivity index (χ2v) is 20.6. The number of carbonyl (C=O) groups excluding carboxylic acids is 6. The number of benzene rings is 3. The van der Waals surface area contributed by atoms with Gasteiger partial charge < -0.3 is 51.7 Å². The average Bonchev–Trinajstić information content (AvgIpc) is 4.13. The van der Waals surface area contributed by atoms with Crippen molar-refractivity contribution >= 4 is 57.2 Å². The Bertz CT molecular complexity index is 2480. The van der Waals surface area contributed by atoms with Crippen molar-refractivity contribution in [3.8, 4) is 0 Å². The standard InChI is InChI=1S/C52H68N10O6/c1-29(53-9)45(63)59-43(51(3,4)5)49(67)61-27-33(23-41(61)37-25-55-39-17-13-11-15-35(37)39)57-47(65)31-19-21-32(22-20-31)48(66)58-34-24-42(38-26-56-40-18-14-12-16-36(38)40)62(28-34)50(68)44(52(6,7)8)60-46(64)30(2)54-10/h11-22,25-26,29-30,33-34,41-44,53-56H,23-24,27-28H2,1-10H3,(H,57,65)(H,58,66)(H,59,63)(H,60,64)/t29-,30-,33-,34-,41?,42?,43+,44+/m0/s1. The lowest BCUT2D eigenvalue weighted by Crippen LogP contribution is -2.57. The summed E-state index contributed by atoms with van der Waals surface area (Å²) in [5.41, 5.74) is 3.15. The largest absolute Gasteiger partial charge is 0.361 e. The summed E-state index contributed by atoms with van der Waals surface area (Å²) < 4.78 is 0. The number of aromatic amines is 2. The molecule has 0 aliphatic carbocycles. The van der Waals surface area contributed by atoms with Gasteiger partial charge in [-0.15, -0.1) is 0 Å². The number of carbonyl (C=O) groups is 6. The molecule has 6 amide bonds. The molecule has 3 aromatic carbocycles. The second kappa shape index (κ2) is 20.0. The first-order valence-electron chi connectivity index (χ1n) is 23.6. The summed E-state index contributed by atoms with van der Waals surface area (Å²) in [6.45, 7) is 15.4. The molecule has 0 radical (unpaired) electrons. The molecule has 2 aromatic heterocycles. The van der Waals surface area contributed by atoms with Crippen LogP contribution in [0, 0.1) is 10.8 Å². The van der Waals surface area contributed by atoms with Gasteiger partial charge in [0, 0.05) is 70.5 Å². The monoisotopic (exact) mass is 929 g/mol. The van der Waals surface area contributed by atoms with Gasteiger partial charge in [-0.25, -0.2) is 0 Å². The van der Waals surface area contributed by atoms with Crippen LogP contribution in [0.5, 0.6) is 0 Å². The molecular formula is C52H68N10O6. The maximum absolute atomic E-state index is 14.6. The van der Waals surface area contributed by atoms with Gasteiger partial charge in [0.25, 0.3) is 11.8 Å². The lowest BCUT2D eigenvalue weighted by Gasteiger charge is -2.36. The van der Waals surface area contributed by atoms with Gasteiger partial charge in [-0.05, 0) is 99.1 Å². The molecule has 4 heterocycles. The highest BCUT2D eigenvalue weighted by atomic mass is 16.2. The van der Waals surface area contributed by atoms with Crippen molar-refractivity contribution in [1.82, 2.24) is 51.7 Å². The average molecular weight is 929 g/mol. The lowest BCUT2D eigenvalue weighted by atomic mass is 9.85. The van der Waals surface area contributed by atoms with Crippen molar-refractivity contribution < 1.29 is 28.8 Å². The third-order valence-corrected chi connectivity index (χ3v) is 13.7. The van der Waals surface area contributed by atoms with Crippen molar-refractivity contribution in [2.75, 3.05) is 27.2 Å². The topological polar surface area (TPSA) is 213 Å². The van der Waals surface area contributed by atoms with E-state index in [1.54, 1.807) is 62.0 Å². The molecule has 362 valence electrons. The predicted molar refractivity (Wildman–Crippen MR) is 264 cm³/mol. The zero-order valence-electron chi connectivity index (χ0n) is 40.9. The van der Waals surface area contributed by atoms with Crippen LogP contribution in [-0.4, -0.2) is 119 Å². The van der Waals surface area contributed by atoms with Gasteiger partial charge >= 0.3 is 0 Å². The molecular weight excluding hydrogens is 861 g/mol. The van der Waals surface area contributed by atoms with Gasteiger partial charge in [0.2, 0.25) is 23.6 Å². The van der Waals surface area contributed by atoms with E-state index in [0.29, 0.717) is 24.0 Å². The van der Waals surface area contributed by atoms with Gasteiger partial charge in [-0.3, -0.25) is 28.8 Å². The Balaban J connectivity index is 1.07. The number of fused-ring (bicyclic) bond motifs is 2. The molecule has 16 heteroatoms. The number of rotatable bonds is 14. The van der Waals surface area contributed by atoms with Crippen LogP contribution in [0.15, 0.2) is 85.2 Å². The van der Waals surface area contributed by atoms with Crippen LogP contribution < -0.4 is 31.9 Å². The highest BCUT2D eigenvalue weighted by Gasteiger charge is 2.46. The molecule has 2 aliphatic heterocycles. The summed E-state index contributed by atoms with van der Waals surface area (Å²) in [5, 5.41) is 20.1. The van der Waals surface area contributed by atoms with Gasteiger partial charge in [0.05, 0.1) is 24.2 Å². The number of aromatic nitrogens is 2. The first-order chi connectivity index (χ1) is 32.2. The fourth-order valence-electron chi connectivity index (χ4n) is 9.43. The number of amides is 6. The highest BCUT2D eigenvalue weighted by molar-refractivity contribution is 5.99. The zero-order valence-corrected chi connectivity index (χ0v) is 40.9. The van der Waals surface area contributed by atoms with Gasteiger partial charge in [-0.1, -0.05) is 77.9 Å². The van der Waals surface area contributed by atoms with Crippen molar-refractivity contribution in [3.05, 3.63) is 107 Å². The van der Waals surface area contributed by atoms with Gasteiger partial charge in [0.15, 0.2) is 0 Å². The first kappa shape index (κ1) is 49.4. The molecule has 0 bridgehead atoms. The van der Waals surface area contributed by atoms with Crippen molar-refractivity contribution in [2.45, 2.75) is 117 Å². The fourth-order valence-corrected chi connectivity index (χ4v) is 9.43. The molecule has 8 atom stereocenters. The van der Waals surface area contributed by atoms with Crippen LogP contribution in [0.25, 0.3) is 21.8 Å². The Morgan fingerprint density at radius 1 is 0.559 bits per heavy atom. The Morgan fingerprint density at radius 2 is 0.912 bits per heavy atom. The molecule has 16 nitrogen and oxygen atoms in total. The van der Waals surface area contributed by atoms with Crippen molar-refractivity contribution in [3.63, 3.8) is 0 Å². The van der Waals surface area contributed by atoms with E-state index in [2.05, 4.69) is 41.9 Å². The van der Waals surface area contributed by atoms with Gasteiger partial charge in [-0.2, -0.15) is 0 Å². The summed E-state index contributed by atoms with van der Waals surface area (Å²) in [7, 11) is 3.39. The van der Waals surface area contributed by atoms with Crippen LogP contribution in [0.4, 0.5) is 0 Å². The van der Waals surface area contributed by atoms with Crippen LogP contribution in [-0.2, 0) is 19.2 Å². The van der Waals surface area contributed by atoms with Crippen molar-refractivity contribution in [1.29, 1.82) is 0 Å². The molecule has 68 heavy (non-hydrogen) atoms. The molecule has 0 saturated carbocycles. The highest BCUT2D eigenvalue weighted by Crippen LogP contribution is 2.40. The number of nitrogens with one attached hydrogen (secondary N) is 8. The number of hydrogen-bond acceptors (Lipinski definition) is 8. The van der Waals surface area contributed by atoms with Crippen LogP contribution in [0.1, 0.15) is 112 Å². The summed E-state index contributed by atoms with van der Waals surface area (Å²) in [6.07, 6.45) is 4.71. The Kier molecular flexibility index (Phi) is 14.5. The number of likely N-dealkylation sites (tertiary alicyclic amines) is 2. The minimum Gasteiger partial charge on any atom is -0.361 e. The van der Waals surface area contributed by atoms with Crippen LogP contribution >= 0.6 is 0 Å². The third-order valence-electron chi connectivity index (χ3n) is 13.7. The maximum atomic E-state index is 14.6. The molecule has 7 rings (SSSR count). The molecule has 0 spiro atoms. The second-order valence-electron chi connectivity index (χ2n) is 20.6. The fraction of sp³-hybridized carbons (Fsp3) is 0.462. The summed E-state index contributed by atoms with van der Waals surface area (Å²) >= 11 is 0. The normalized spacial score (nSPS) is 20.4. The smallest absolute Gasteiger partial charge is 0.251 e. The first-order valence-corrected chi connectivity index (χ1v) is 23.6. The Labute approximate surface area is 398 Å². The van der Waals surface area contributed by atoms with E-state index in [-0.39, 0.29) is 48.5 Å². The SMILES string of the molecule is CN[C@@H](C)C(=O)N[C@H](C(=O)N1C[C@@H](NC(=O)c2ccc(C(=O)N[C@H]3CC(c4c[nH]c5ccccc45)N(C(=O)[C@@H](NC(=O)[C@H](C)NC)C(C)(C)C)C3)cc2)CC1c1c[nH]c2ccccc12)C(C)(C)C. The minimum atomic E-state index is -0.834. The molecule has 2 saturated heterocycles.